The van der Waals surface area contributed by atoms with Crippen LogP contribution in [0.1, 0.15) is 43.9 Å². The number of nitrogens with one attached hydrogen (secondary N) is 2. The number of hydrogen-bond acceptors (Lipinski definition) is 5. The average molecular weight is 375 g/mol. The van der Waals surface area contributed by atoms with Gasteiger partial charge < -0.3 is 20.5 Å². The van der Waals surface area contributed by atoms with Gasteiger partial charge in [0.15, 0.2) is 0 Å². The van der Waals surface area contributed by atoms with Gasteiger partial charge in [-0.05, 0) is 62.9 Å². The molecule has 3 N–H and O–H groups in total. The Balaban J connectivity index is 1.96. The number of alkyl halides is 3. The smallest absolute Gasteiger partial charge is 0.433 e. The third-order valence-electron chi connectivity index (χ3n) is 4.42. The molecule has 1 fully saturated rings. The molecule has 1 aliphatic heterocycles. The minimum Gasteiger partial charge on any atom is -0.474 e. The van der Waals surface area contributed by atoms with Crippen LogP contribution in [0.4, 0.5) is 13.2 Å². The quantitative estimate of drug-likeness (QED) is 0.579. The molecule has 5 nitrogen and oxygen atoms in total. The molecule has 0 spiro atoms. The number of aliphatic hydroxyl groups excluding tert-OH is 1. The number of pyridine rings is 1. The number of piperidine rings is 1. The molecule has 0 saturated carbocycles. The zero-order valence-corrected chi connectivity index (χ0v) is 15.1. The summed E-state index contributed by atoms with van der Waals surface area (Å²) < 4.78 is 45.1. The van der Waals surface area contributed by atoms with Gasteiger partial charge >= 0.3 is 6.18 Å². The Kier molecular flexibility index (Phi) is 8.12. The topological polar surface area (TPSA) is 66.4 Å². The first-order chi connectivity index (χ1) is 12.4. The third-order valence-corrected chi connectivity index (χ3v) is 4.42. The van der Waals surface area contributed by atoms with Crippen LogP contribution in [0.3, 0.4) is 0 Å². The number of nitrogens with zero attached hydrogens (tertiary/aromatic N) is 1. The van der Waals surface area contributed by atoms with E-state index in [1.54, 1.807) is 6.07 Å². The SMILES string of the molecule is C[C@H](CO)CCCNCc1cc(OC2CCNCC2)nc(C(F)(F)F)c1. The number of aliphatic hydroxyl groups is 1. The number of ether oxygens (including phenoxy) is 1. The Morgan fingerprint density at radius 2 is 2.08 bits per heavy atom. The van der Waals surface area contributed by atoms with Gasteiger partial charge in [-0.3, -0.25) is 0 Å². The van der Waals surface area contributed by atoms with Crippen molar-refractivity contribution in [2.45, 2.75) is 51.4 Å². The fourth-order valence-electron chi connectivity index (χ4n) is 2.85. The van der Waals surface area contributed by atoms with Crippen molar-refractivity contribution in [3.63, 3.8) is 0 Å². The molecular weight excluding hydrogens is 347 g/mol. The summed E-state index contributed by atoms with van der Waals surface area (Å²) in [6, 6.07) is 2.65. The van der Waals surface area contributed by atoms with E-state index in [0.717, 1.165) is 44.8 Å². The Hall–Kier alpha value is -1.38. The second kappa shape index (κ2) is 10.1. The number of rotatable bonds is 9. The molecule has 1 aliphatic rings. The molecule has 1 aromatic rings. The summed E-state index contributed by atoms with van der Waals surface area (Å²) >= 11 is 0. The van der Waals surface area contributed by atoms with Gasteiger partial charge in [-0.1, -0.05) is 6.92 Å². The normalized spacial score (nSPS) is 17.3. The minimum absolute atomic E-state index is 0.0393. The first-order valence-electron chi connectivity index (χ1n) is 9.15. The van der Waals surface area contributed by atoms with Crippen molar-refractivity contribution in [3.8, 4) is 5.88 Å². The lowest BCUT2D eigenvalue weighted by Crippen LogP contribution is -2.34. The largest absolute Gasteiger partial charge is 0.474 e. The van der Waals surface area contributed by atoms with Gasteiger partial charge in [0.25, 0.3) is 0 Å². The molecule has 26 heavy (non-hydrogen) atoms. The number of hydrogen-bond donors (Lipinski definition) is 3. The summed E-state index contributed by atoms with van der Waals surface area (Å²) in [6.07, 6.45) is -1.36. The highest BCUT2D eigenvalue weighted by molar-refractivity contribution is 5.27. The lowest BCUT2D eigenvalue weighted by Gasteiger charge is -2.24. The average Bonchev–Trinajstić information content (AvgIpc) is 2.61. The van der Waals surface area contributed by atoms with Crippen molar-refractivity contribution >= 4 is 0 Å². The van der Waals surface area contributed by atoms with Gasteiger partial charge in [-0.2, -0.15) is 13.2 Å². The number of halogens is 3. The Morgan fingerprint density at radius 1 is 1.35 bits per heavy atom. The van der Waals surface area contributed by atoms with Crippen LogP contribution < -0.4 is 15.4 Å². The highest BCUT2D eigenvalue weighted by atomic mass is 19.4. The Bertz CT molecular complexity index is 549. The van der Waals surface area contributed by atoms with Gasteiger partial charge in [0, 0.05) is 19.2 Å². The fourth-order valence-corrected chi connectivity index (χ4v) is 2.85. The Labute approximate surface area is 152 Å². The van der Waals surface area contributed by atoms with Crippen LogP contribution in [-0.2, 0) is 12.7 Å². The molecule has 0 aliphatic carbocycles. The predicted octanol–water partition coefficient (Wildman–Crippen LogP) is 2.73. The van der Waals surface area contributed by atoms with Crippen molar-refractivity contribution in [1.29, 1.82) is 0 Å². The van der Waals surface area contributed by atoms with Gasteiger partial charge in [0.1, 0.15) is 11.8 Å². The number of aromatic nitrogens is 1. The highest BCUT2D eigenvalue weighted by Crippen LogP contribution is 2.30. The van der Waals surface area contributed by atoms with E-state index in [2.05, 4.69) is 15.6 Å². The monoisotopic (exact) mass is 375 g/mol. The minimum atomic E-state index is -4.50. The van der Waals surface area contributed by atoms with Crippen LogP contribution >= 0.6 is 0 Å². The van der Waals surface area contributed by atoms with Crippen LogP contribution in [0.5, 0.6) is 5.88 Å². The summed E-state index contributed by atoms with van der Waals surface area (Å²) in [6.45, 7) is 4.70. The maximum atomic E-state index is 13.1. The van der Waals surface area contributed by atoms with Crippen LogP contribution in [0.2, 0.25) is 0 Å². The molecule has 2 rings (SSSR count). The Morgan fingerprint density at radius 3 is 2.73 bits per heavy atom. The maximum absolute atomic E-state index is 13.1. The molecule has 1 saturated heterocycles. The van der Waals surface area contributed by atoms with Crippen LogP contribution in [-0.4, -0.2) is 42.4 Å². The molecule has 0 bridgehead atoms. The van der Waals surface area contributed by atoms with Crippen molar-refractivity contribution in [2.24, 2.45) is 5.92 Å². The zero-order chi connectivity index (χ0) is 19.0. The van der Waals surface area contributed by atoms with E-state index < -0.39 is 11.9 Å². The highest BCUT2D eigenvalue weighted by Gasteiger charge is 2.33. The van der Waals surface area contributed by atoms with Gasteiger partial charge in [-0.25, -0.2) is 4.98 Å². The molecule has 148 valence electrons. The molecule has 2 heterocycles. The van der Waals surface area contributed by atoms with E-state index in [1.165, 1.54) is 0 Å². The second-order valence-corrected chi connectivity index (χ2v) is 6.87. The van der Waals surface area contributed by atoms with Crippen molar-refractivity contribution in [3.05, 3.63) is 23.4 Å². The molecule has 8 heteroatoms. The molecule has 0 radical (unpaired) electrons. The second-order valence-electron chi connectivity index (χ2n) is 6.87. The van der Waals surface area contributed by atoms with Crippen LogP contribution in [0, 0.1) is 5.92 Å². The van der Waals surface area contributed by atoms with Crippen LogP contribution in [0.25, 0.3) is 0 Å². The van der Waals surface area contributed by atoms with Crippen molar-refractivity contribution < 1.29 is 23.0 Å². The van der Waals surface area contributed by atoms with E-state index in [0.29, 0.717) is 18.7 Å². The standard InChI is InChI=1S/C18H28F3N3O2/c1-13(12-25)3-2-6-23-11-14-9-16(18(19,20)21)24-17(10-14)26-15-4-7-22-8-5-15/h9-10,13,15,22-23,25H,2-8,11-12H2,1H3/t13-/m0/s1. The van der Waals surface area contributed by atoms with E-state index in [1.807, 2.05) is 6.92 Å². The maximum Gasteiger partial charge on any atom is 0.433 e. The summed E-state index contributed by atoms with van der Waals surface area (Å²) in [5.41, 5.74) is -0.416. The summed E-state index contributed by atoms with van der Waals surface area (Å²) in [7, 11) is 0. The van der Waals surface area contributed by atoms with Gasteiger partial charge in [0.2, 0.25) is 5.88 Å². The first kappa shape index (κ1) is 20.9. The third kappa shape index (κ3) is 7.09. The van der Waals surface area contributed by atoms with E-state index in [4.69, 9.17) is 9.84 Å². The molecule has 0 unspecified atom stereocenters. The molecular formula is C18H28F3N3O2. The first-order valence-corrected chi connectivity index (χ1v) is 9.15. The molecule has 0 aromatic carbocycles. The zero-order valence-electron chi connectivity index (χ0n) is 15.1. The molecule has 0 amide bonds. The van der Waals surface area contributed by atoms with Crippen LogP contribution in [0.15, 0.2) is 12.1 Å². The predicted molar refractivity (Wildman–Crippen MR) is 92.9 cm³/mol. The summed E-state index contributed by atoms with van der Waals surface area (Å²) in [5, 5.41) is 15.3. The summed E-state index contributed by atoms with van der Waals surface area (Å²) in [4.78, 5) is 3.65. The lowest BCUT2D eigenvalue weighted by molar-refractivity contribution is -0.141. The van der Waals surface area contributed by atoms with Crippen molar-refractivity contribution in [2.75, 3.05) is 26.2 Å². The van der Waals surface area contributed by atoms with Gasteiger partial charge in [-0.15, -0.1) is 0 Å². The summed E-state index contributed by atoms with van der Waals surface area (Å²) in [5.74, 6) is 0.275. The van der Waals surface area contributed by atoms with Crippen molar-refractivity contribution in [1.82, 2.24) is 15.6 Å². The van der Waals surface area contributed by atoms with Gasteiger partial charge in [0.05, 0.1) is 0 Å². The van der Waals surface area contributed by atoms with E-state index in [-0.39, 0.29) is 24.5 Å². The molecule has 1 aromatic heterocycles. The van der Waals surface area contributed by atoms with E-state index >= 15 is 0 Å². The fraction of sp³-hybridized carbons (Fsp3) is 0.722. The lowest BCUT2D eigenvalue weighted by atomic mass is 10.1. The molecule has 1 atom stereocenters. The van der Waals surface area contributed by atoms with E-state index in [9.17, 15) is 13.2 Å².